The largest absolute Gasteiger partial charge is 0.343 e. The zero-order valence-electron chi connectivity index (χ0n) is 18.1. The monoisotopic (exact) mass is 426 g/mol. The molecule has 1 aromatic carbocycles. The van der Waals surface area contributed by atoms with Crippen molar-refractivity contribution in [2.45, 2.75) is 56.2 Å². The normalized spacial score (nSPS) is 16.2. The molecule has 7 heteroatoms. The Kier molecular flexibility index (Phi) is 6.18. The molecule has 0 spiro atoms. The van der Waals surface area contributed by atoms with Crippen LogP contribution in [-0.2, 0) is 17.6 Å². The number of carbonyl (C=O) groups is 2. The fourth-order valence-corrected chi connectivity index (χ4v) is 5.63. The van der Waals surface area contributed by atoms with Crippen LogP contribution in [0.4, 0.5) is 0 Å². The minimum atomic E-state index is 0.0431. The second kappa shape index (κ2) is 8.84. The molecule has 2 amide bonds. The van der Waals surface area contributed by atoms with Crippen LogP contribution < -0.4 is 0 Å². The Labute approximate surface area is 182 Å². The molecule has 0 N–H and O–H groups in total. The highest BCUT2D eigenvalue weighted by atomic mass is 32.2. The summed E-state index contributed by atoms with van der Waals surface area (Å²) < 4.78 is 1.87. The summed E-state index contributed by atoms with van der Waals surface area (Å²) in [5.74, 6) is 0.932. The highest BCUT2D eigenvalue weighted by molar-refractivity contribution is 7.98. The minimum absolute atomic E-state index is 0.0431. The van der Waals surface area contributed by atoms with E-state index in [2.05, 4.69) is 25.1 Å². The van der Waals surface area contributed by atoms with Crippen molar-refractivity contribution in [1.29, 1.82) is 0 Å². The van der Waals surface area contributed by atoms with E-state index in [1.165, 1.54) is 4.90 Å². The molecule has 4 rings (SSSR count). The van der Waals surface area contributed by atoms with Gasteiger partial charge in [0, 0.05) is 61.4 Å². The number of unbranched alkanes of at least 4 members (excludes halogenated alkanes) is 1. The number of rotatable bonds is 5. The smallest absolute Gasteiger partial charge is 0.274 e. The first-order valence-corrected chi connectivity index (χ1v) is 11.8. The van der Waals surface area contributed by atoms with E-state index in [9.17, 15) is 9.59 Å². The lowest BCUT2D eigenvalue weighted by Crippen LogP contribution is -2.49. The van der Waals surface area contributed by atoms with Gasteiger partial charge in [-0.25, -0.2) is 0 Å². The summed E-state index contributed by atoms with van der Waals surface area (Å²) in [7, 11) is 1.93. The number of nitrogens with zero attached hydrogens (tertiary/aromatic N) is 4. The van der Waals surface area contributed by atoms with E-state index in [-0.39, 0.29) is 17.9 Å². The van der Waals surface area contributed by atoms with Crippen molar-refractivity contribution in [3.8, 4) is 11.3 Å². The highest BCUT2D eigenvalue weighted by Crippen LogP contribution is 2.42. The Morgan fingerprint density at radius 1 is 1.23 bits per heavy atom. The summed E-state index contributed by atoms with van der Waals surface area (Å²) in [6, 6.07) is 8.51. The van der Waals surface area contributed by atoms with Crippen LogP contribution in [0.1, 0.15) is 55.6 Å². The zero-order valence-corrected chi connectivity index (χ0v) is 18.9. The van der Waals surface area contributed by atoms with Crippen LogP contribution in [0.2, 0.25) is 0 Å². The molecule has 1 fully saturated rings. The topological polar surface area (TPSA) is 58.4 Å². The lowest BCUT2D eigenvalue weighted by Gasteiger charge is -2.38. The number of likely N-dealkylation sites (tertiary alicyclic amines) is 1. The van der Waals surface area contributed by atoms with Crippen molar-refractivity contribution in [2.75, 3.05) is 19.6 Å². The number of aryl methyl sites for hydroxylation is 1. The van der Waals surface area contributed by atoms with E-state index in [1.54, 1.807) is 18.7 Å². The van der Waals surface area contributed by atoms with E-state index in [0.29, 0.717) is 5.69 Å². The van der Waals surface area contributed by atoms with Crippen molar-refractivity contribution in [3.05, 3.63) is 35.5 Å². The SMILES string of the molecule is CCCCN(C(=O)c1nn(C)c2c1CSc1ccccc1-2)C1CCN(C(C)=O)CC1. The van der Waals surface area contributed by atoms with Crippen LogP contribution in [0.15, 0.2) is 29.2 Å². The molecule has 0 saturated carbocycles. The average Bonchev–Trinajstić information content (AvgIpc) is 3.11. The van der Waals surface area contributed by atoms with Gasteiger partial charge in [-0.15, -0.1) is 11.8 Å². The number of fused-ring (bicyclic) bond motifs is 3. The summed E-state index contributed by atoms with van der Waals surface area (Å²) in [6.45, 7) is 5.96. The number of hydrogen-bond acceptors (Lipinski definition) is 4. The van der Waals surface area contributed by atoms with Crippen LogP contribution in [0.3, 0.4) is 0 Å². The molecule has 2 aromatic rings. The molecular weight excluding hydrogens is 396 g/mol. The first kappa shape index (κ1) is 21.0. The van der Waals surface area contributed by atoms with Gasteiger partial charge < -0.3 is 9.80 Å². The third kappa shape index (κ3) is 3.87. The van der Waals surface area contributed by atoms with Crippen LogP contribution >= 0.6 is 11.8 Å². The molecule has 0 atom stereocenters. The number of benzene rings is 1. The number of thioether (sulfide) groups is 1. The molecule has 1 aromatic heterocycles. The third-order valence-corrected chi connectivity index (χ3v) is 7.33. The molecule has 1 saturated heterocycles. The van der Waals surface area contributed by atoms with Gasteiger partial charge >= 0.3 is 0 Å². The van der Waals surface area contributed by atoms with E-state index >= 15 is 0 Å². The molecule has 160 valence electrons. The summed E-state index contributed by atoms with van der Waals surface area (Å²) in [6.07, 6.45) is 3.69. The summed E-state index contributed by atoms with van der Waals surface area (Å²) in [5.41, 5.74) is 3.87. The standard InChI is InChI=1S/C23H30N4O2S/c1-4-5-12-27(17-10-13-26(14-11-17)16(2)28)23(29)21-19-15-30-20-9-7-6-8-18(20)22(19)25(3)24-21/h6-9,17H,4-5,10-15H2,1-3H3. The van der Waals surface area contributed by atoms with Crippen LogP contribution in [-0.4, -0.2) is 57.1 Å². The molecule has 3 heterocycles. The maximum Gasteiger partial charge on any atom is 0.274 e. The van der Waals surface area contributed by atoms with Crippen molar-refractivity contribution in [1.82, 2.24) is 19.6 Å². The maximum absolute atomic E-state index is 13.7. The number of piperidine rings is 1. The summed E-state index contributed by atoms with van der Waals surface area (Å²) in [4.78, 5) is 30.6. The zero-order chi connectivity index (χ0) is 21.3. The molecule has 2 aliphatic rings. The molecule has 30 heavy (non-hydrogen) atoms. The Morgan fingerprint density at radius 2 is 1.97 bits per heavy atom. The quantitative estimate of drug-likeness (QED) is 0.727. The molecule has 2 aliphatic heterocycles. The summed E-state index contributed by atoms with van der Waals surface area (Å²) >= 11 is 1.78. The third-order valence-electron chi connectivity index (χ3n) is 6.23. The Morgan fingerprint density at radius 3 is 2.67 bits per heavy atom. The van der Waals surface area contributed by atoms with Gasteiger partial charge in [0.25, 0.3) is 5.91 Å². The lowest BCUT2D eigenvalue weighted by atomic mass is 10.0. The van der Waals surface area contributed by atoms with Crippen LogP contribution in [0.25, 0.3) is 11.3 Å². The first-order valence-electron chi connectivity index (χ1n) is 10.9. The second-order valence-electron chi connectivity index (χ2n) is 8.17. The van der Waals surface area contributed by atoms with E-state index in [4.69, 9.17) is 5.10 Å². The van der Waals surface area contributed by atoms with E-state index < -0.39 is 0 Å². The van der Waals surface area contributed by atoms with Crippen molar-refractivity contribution in [2.24, 2.45) is 7.05 Å². The number of hydrogen-bond donors (Lipinski definition) is 0. The van der Waals surface area contributed by atoms with Gasteiger partial charge in [0.2, 0.25) is 5.91 Å². The molecule has 0 radical (unpaired) electrons. The van der Waals surface area contributed by atoms with Crippen molar-refractivity contribution in [3.63, 3.8) is 0 Å². The van der Waals surface area contributed by atoms with Crippen molar-refractivity contribution < 1.29 is 9.59 Å². The molecular formula is C23H30N4O2S. The minimum Gasteiger partial charge on any atom is -0.343 e. The Balaban J connectivity index is 1.63. The fourth-order valence-electron chi connectivity index (χ4n) is 4.56. The van der Waals surface area contributed by atoms with Crippen LogP contribution in [0.5, 0.6) is 0 Å². The van der Waals surface area contributed by atoms with Gasteiger partial charge in [-0.3, -0.25) is 14.3 Å². The average molecular weight is 427 g/mol. The van der Waals surface area contributed by atoms with E-state index in [1.807, 2.05) is 27.6 Å². The molecule has 0 aliphatic carbocycles. The predicted molar refractivity (Wildman–Crippen MR) is 119 cm³/mol. The predicted octanol–water partition coefficient (Wildman–Crippen LogP) is 3.95. The van der Waals surface area contributed by atoms with Gasteiger partial charge in [-0.1, -0.05) is 31.5 Å². The van der Waals surface area contributed by atoms with Crippen molar-refractivity contribution >= 4 is 23.6 Å². The second-order valence-corrected chi connectivity index (χ2v) is 9.19. The van der Waals surface area contributed by atoms with Gasteiger partial charge in [0.1, 0.15) is 0 Å². The van der Waals surface area contributed by atoms with Gasteiger partial charge in [-0.2, -0.15) is 5.10 Å². The number of aromatic nitrogens is 2. The van der Waals surface area contributed by atoms with Crippen LogP contribution in [0, 0.1) is 0 Å². The maximum atomic E-state index is 13.7. The first-order chi connectivity index (χ1) is 14.5. The van der Waals surface area contributed by atoms with Gasteiger partial charge in [0.15, 0.2) is 5.69 Å². The Hall–Kier alpha value is -2.28. The summed E-state index contributed by atoms with van der Waals surface area (Å²) in [5, 5.41) is 4.71. The molecule has 0 unspecified atom stereocenters. The Bertz CT molecular complexity index is 947. The van der Waals surface area contributed by atoms with Gasteiger partial charge in [-0.05, 0) is 25.3 Å². The fraction of sp³-hybridized carbons (Fsp3) is 0.522. The lowest BCUT2D eigenvalue weighted by molar-refractivity contribution is -0.130. The van der Waals surface area contributed by atoms with E-state index in [0.717, 1.165) is 67.9 Å². The van der Waals surface area contributed by atoms with Gasteiger partial charge in [0.05, 0.1) is 5.69 Å². The molecule has 0 bridgehead atoms. The number of amides is 2. The highest BCUT2D eigenvalue weighted by Gasteiger charge is 2.34. The molecule has 6 nitrogen and oxygen atoms in total. The number of carbonyl (C=O) groups excluding carboxylic acids is 2.